The first-order chi connectivity index (χ1) is 9.65. The van der Waals surface area contributed by atoms with E-state index in [-0.39, 0.29) is 6.04 Å². The maximum Gasteiger partial charge on any atom is 0.407 e. The molecule has 1 aromatic rings. The molecule has 1 aromatic carbocycles. The number of nitrogens with zero attached hydrogens (tertiary/aromatic N) is 2. The molecule has 1 aliphatic carbocycles. The molecule has 1 saturated heterocycles. The zero-order valence-corrected chi connectivity index (χ0v) is 11.6. The summed E-state index contributed by atoms with van der Waals surface area (Å²) in [6.45, 7) is 2.67. The molecule has 108 valence electrons. The Kier molecular flexibility index (Phi) is 3.53. The zero-order valence-electron chi connectivity index (χ0n) is 11.6. The molecule has 0 bridgehead atoms. The molecule has 3 N–H and O–H groups in total. The summed E-state index contributed by atoms with van der Waals surface area (Å²) in [6.07, 6.45) is 2.23. The Morgan fingerprint density at radius 2 is 2.00 bits per heavy atom. The molecule has 1 fully saturated rings. The van der Waals surface area contributed by atoms with Gasteiger partial charge >= 0.3 is 6.09 Å². The number of carbonyl (C=O) groups is 1. The van der Waals surface area contributed by atoms with Crippen LogP contribution in [-0.2, 0) is 12.8 Å². The second-order valence-corrected chi connectivity index (χ2v) is 5.67. The summed E-state index contributed by atoms with van der Waals surface area (Å²) < 4.78 is 0. The molecule has 2 aliphatic rings. The molecule has 1 atom stereocenters. The lowest BCUT2D eigenvalue weighted by Crippen LogP contribution is -2.48. The molecule has 0 radical (unpaired) electrons. The minimum Gasteiger partial charge on any atom is -0.465 e. The van der Waals surface area contributed by atoms with E-state index in [0.717, 1.165) is 32.4 Å². The highest BCUT2D eigenvalue weighted by Gasteiger charge is 2.25. The molecular weight excluding hydrogens is 254 g/mol. The SMILES string of the molecule is N[C@@H]1CCc2cccc(N3CCN(C(=O)O)CC3)c2C1. The monoisotopic (exact) mass is 275 g/mol. The fraction of sp³-hybridized carbons (Fsp3) is 0.533. The highest BCUT2D eigenvalue weighted by Crippen LogP contribution is 2.30. The second kappa shape index (κ2) is 5.32. The van der Waals surface area contributed by atoms with Gasteiger partial charge in [0, 0.05) is 37.9 Å². The van der Waals surface area contributed by atoms with Crippen LogP contribution < -0.4 is 10.6 Å². The van der Waals surface area contributed by atoms with Crippen LogP contribution >= 0.6 is 0 Å². The van der Waals surface area contributed by atoms with E-state index >= 15 is 0 Å². The van der Waals surface area contributed by atoms with Crippen molar-refractivity contribution in [2.75, 3.05) is 31.1 Å². The van der Waals surface area contributed by atoms with E-state index in [4.69, 9.17) is 10.8 Å². The quantitative estimate of drug-likeness (QED) is 0.810. The Hall–Kier alpha value is -1.75. The van der Waals surface area contributed by atoms with Crippen molar-refractivity contribution in [1.29, 1.82) is 0 Å². The van der Waals surface area contributed by atoms with Crippen molar-refractivity contribution in [3.63, 3.8) is 0 Å². The van der Waals surface area contributed by atoms with Gasteiger partial charge in [-0.05, 0) is 36.5 Å². The highest BCUT2D eigenvalue weighted by atomic mass is 16.4. The zero-order chi connectivity index (χ0) is 14.1. The third-order valence-electron chi connectivity index (χ3n) is 4.39. The van der Waals surface area contributed by atoms with Crippen LogP contribution in [0.1, 0.15) is 17.5 Å². The number of aryl methyl sites for hydroxylation is 1. The molecule has 1 aliphatic heterocycles. The molecule has 5 heteroatoms. The molecule has 3 rings (SSSR count). The number of amides is 1. The standard InChI is InChI=1S/C15H21N3O2/c16-12-5-4-11-2-1-3-14(13(11)10-12)17-6-8-18(9-7-17)15(19)20/h1-3,12H,4-10,16H2,(H,19,20)/t12-/m1/s1. The summed E-state index contributed by atoms with van der Waals surface area (Å²) >= 11 is 0. The fourth-order valence-electron chi connectivity index (χ4n) is 3.23. The molecule has 1 amide bonds. The fourth-order valence-corrected chi connectivity index (χ4v) is 3.23. The van der Waals surface area contributed by atoms with Gasteiger partial charge in [-0.15, -0.1) is 0 Å². The van der Waals surface area contributed by atoms with Gasteiger partial charge in [0.2, 0.25) is 0 Å². The van der Waals surface area contributed by atoms with Crippen molar-refractivity contribution in [3.05, 3.63) is 29.3 Å². The van der Waals surface area contributed by atoms with E-state index in [1.165, 1.54) is 21.7 Å². The Morgan fingerprint density at radius 3 is 2.70 bits per heavy atom. The van der Waals surface area contributed by atoms with Gasteiger partial charge < -0.3 is 20.6 Å². The molecule has 5 nitrogen and oxygen atoms in total. The maximum atomic E-state index is 11.0. The second-order valence-electron chi connectivity index (χ2n) is 5.67. The average Bonchev–Trinajstić information content (AvgIpc) is 2.46. The van der Waals surface area contributed by atoms with Crippen LogP contribution in [0.3, 0.4) is 0 Å². The predicted molar refractivity (Wildman–Crippen MR) is 78.3 cm³/mol. The van der Waals surface area contributed by atoms with E-state index < -0.39 is 6.09 Å². The summed E-state index contributed by atoms with van der Waals surface area (Å²) in [5.41, 5.74) is 10.1. The number of rotatable bonds is 1. The molecule has 0 saturated carbocycles. The summed E-state index contributed by atoms with van der Waals surface area (Å²) in [4.78, 5) is 14.7. The van der Waals surface area contributed by atoms with Gasteiger partial charge in [-0.25, -0.2) is 4.79 Å². The number of hydrogen-bond donors (Lipinski definition) is 2. The topological polar surface area (TPSA) is 69.8 Å². The van der Waals surface area contributed by atoms with Crippen molar-refractivity contribution >= 4 is 11.8 Å². The van der Waals surface area contributed by atoms with Gasteiger partial charge in [0.05, 0.1) is 0 Å². The van der Waals surface area contributed by atoms with Crippen LogP contribution in [0.4, 0.5) is 10.5 Å². The predicted octanol–water partition coefficient (Wildman–Crippen LogP) is 1.30. The largest absolute Gasteiger partial charge is 0.465 e. The minimum atomic E-state index is -0.818. The summed E-state index contributed by atoms with van der Waals surface area (Å²) in [7, 11) is 0. The summed E-state index contributed by atoms with van der Waals surface area (Å²) in [6, 6.07) is 6.70. The molecule has 1 heterocycles. The van der Waals surface area contributed by atoms with E-state index in [1.807, 2.05) is 0 Å². The first kappa shape index (κ1) is 13.2. The number of benzene rings is 1. The van der Waals surface area contributed by atoms with Gasteiger partial charge in [-0.1, -0.05) is 12.1 Å². The van der Waals surface area contributed by atoms with E-state index in [0.29, 0.717) is 13.1 Å². The van der Waals surface area contributed by atoms with Crippen molar-refractivity contribution in [2.45, 2.75) is 25.3 Å². The summed E-state index contributed by atoms with van der Waals surface area (Å²) in [5, 5.41) is 9.01. The molecule has 0 unspecified atom stereocenters. The molecular formula is C15H21N3O2. The Labute approximate surface area is 119 Å². The van der Waals surface area contributed by atoms with Crippen LogP contribution in [-0.4, -0.2) is 48.3 Å². The normalized spacial score (nSPS) is 22.6. The number of hydrogen-bond acceptors (Lipinski definition) is 3. The Morgan fingerprint density at radius 1 is 1.25 bits per heavy atom. The van der Waals surface area contributed by atoms with Gasteiger partial charge in [-0.3, -0.25) is 0 Å². The van der Waals surface area contributed by atoms with Crippen LogP contribution in [0.5, 0.6) is 0 Å². The smallest absolute Gasteiger partial charge is 0.407 e. The number of piperazine rings is 1. The lowest BCUT2D eigenvalue weighted by Gasteiger charge is -2.37. The van der Waals surface area contributed by atoms with Gasteiger partial charge in [0.15, 0.2) is 0 Å². The van der Waals surface area contributed by atoms with Gasteiger partial charge in [-0.2, -0.15) is 0 Å². The van der Waals surface area contributed by atoms with Crippen LogP contribution in [0, 0.1) is 0 Å². The minimum absolute atomic E-state index is 0.254. The lowest BCUT2D eigenvalue weighted by molar-refractivity contribution is 0.142. The van der Waals surface area contributed by atoms with Gasteiger partial charge in [0.1, 0.15) is 0 Å². The van der Waals surface area contributed by atoms with Crippen molar-refractivity contribution in [1.82, 2.24) is 4.90 Å². The number of fused-ring (bicyclic) bond motifs is 1. The maximum absolute atomic E-state index is 11.0. The molecule has 0 spiro atoms. The number of anilines is 1. The van der Waals surface area contributed by atoms with E-state index in [9.17, 15) is 4.79 Å². The summed E-state index contributed by atoms with van der Waals surface area (Å²) in [5.74, 6) is 0. The van der Waals surface area contributed by atoms with Crippen LogP contribution in [0.25, 0.3) is 0 Å². The first-order valence-electron chi connectivity index (χ1n) is 7.24. The Bertz CT molecular complexity index is 510. The van der Waals surface area contributed by atoms with Crippen molar-refractivity contribution in [2.24, 2.45) is 5.73 Å². The molecule has 20 heavy (non-hydrogen) atoms. The Balaban J connectivity index is 1.80. The van der Waals surface area contributed by atoms with Crippen molar-refractivity contribution in [3.8, 4) is 0 Å². The number of nitrogens with two attached hydrogens (primary N) is 1. The van der Waals surface area contributed by atoms with Gasteiger partial charge in [0.25, 0.3) is 0 Å². The average molecular weight is 275 g/mol. The molecule has 0 aromatic heterocycles. The van der Waals surface area contributed by atoms with E-state index in [2.05, 4.69) is 23.1 Å². The van der Waals surface area contributed by atoms with Crippen LogP contribution in [0.2, 0.25) is 0 Å². The van der Waals surface area contributed by atoms with Crippen LogP contribution in [0.15, 0.2) is 18.2 Å². The lowest BCUT2D eigenvalue weighted by atomic mass is 9.87. The number of carboxylic acid groups (broad SMARTS) is 1. The first-order valence-corrected chi connectivity index (χ1v) is 7.24. The third-order valence-corrected chi connectivity index (χ3v) is 4.39. The van der Waals surface area contributed by atoms with E-state index in [1.54, 1.807) is 0 Å². The highest BCUT2D eigenvalue weighted by molar-refractivity contribution is 5.66. The third kappa shape index (κ3) is 2.45. The van der Waals surface area contributed by atoms with Crippen molar-refractivity contribution < 1.29 is 9.90 Å².